The summed E-state index contributed by atoms with van der Waals surface area (Å²) < 4.78 is 10.4. The summed E-state index contributed by atoms with van der Waals surface area (Å²) in [6.45, 7) is 0.187. The number of aromatic nitrogens is 1. The molecule has 1 atom stereocenters. The summed E-state index contributed by atoms with van der Waals surface area (Å²) in [6.07, 6.45) is 7.58. The molecule has 1 N–H and O–H groups in total. The minimum atomic E-state index is -0.757. The lowest BCUT2D eigenvalue weighted by atomic mass is 9.95. The second-order valence-electron chi connectivity index (χ2n) is 6.95. The fourth-order valence-corrected chi connectivity index (χ4v) is 3.52. The van der Waals surface area contributed by atoms with Gasteiger partial charge in [0.25, 0.3) is 5.91 Å². The summed E-state index contributed by atoms with van der Waals surface area (Å²) in [6, 6.07) is 13.3. The third-order valence-electron chi connectivity index (χ3n) is 5.02. The zero-order valence-electron chi connectivity index (χ0n) is 16.8. The molecule has 31 heavy (non-hydrogen) atoms. The molecular weight excluding hydrogens is 396 g/mol. The van der Waals surface area contributed by atoms with E-state index in [4.69, 9.17) is 9.15 Å². The first-order valence-electron chi connectivity index (χ1n) is 9.61. The van der Waals surface area contributed by atoms with Gasteiger partial charge in [0, 0.05) is 18.9 Å². The number of aliphatic hydroxyl groups excluding tert-OH is 1. The van der Waals surface area contributed by atoms with E-state index in [2.05, 4.69) is 4.98 Å². The monoisotopic (exact) mass is 416 g/mol. The van der Waals surface area contributed by atoms with Crippen molar-refractivity contribution in [3.8, 4) is 5.75 Å². The minimum Gasteiger partial charge on any atom is -0.503 e. The van der Waals surface area contributed by atoms with Gasteiger partial charge in [0.15, 0.2) is 11.5 Å². The number of methoxy groups -OCH3 is 1. The summed E-state index contributed by atoms with van der Waals surface area (Å²) in [5.74, 6) is -0.508. The number of amides is 1. The number of furan rings is 1. The highest BCUT2D eigenvalue weighted by molar-refractivity contribution is 6.14. The van der Waals surface area contributed by atoms with E-state index in [0.717, 1.165) is 5.56 Å². The Labute approximate surface area is 178 Å². The fourth-order valence-electron chi connectivity index (χ4n) is 3.52. The molecule has 1 aliphatic rings. The number of carbonyl (C=O) groups excluding carboxylic acids is 2. The normalized spacial score (nSPS) is 16.4. The van der Waals surface area contributed by atoms with Crippen LogP contribution in [0.4, 0.5) is 0 Å². The van der Waals surface area contributed by atoms with Crippen LogP contribution in [0, 0.1) is 0 Å². The number of rotatable bonds is 7. The number of ether oxygens (including phenoxy) is 1. The third kappa shape index (κ3) is 4.11. The number of aliphatic hydroxyl groups is 1. The molecule has 0 spiro atoms. The highest BCUT2D eigenvalue weighted by Crippen LogP contribution is 2.39. The lowest BCUT2D eigenvalue weighted by molar-refractivity contribution is -0.130. The van der Waals surface area contributed by atoms with Crippen molar-refractivity contribution < 1.29 is 23.8 Å². The molecule has 156 valence electrons. The van der Waals surface area contributed by atoms with Gasteiger partial charge in [-0.2, -0.15) is 0 Å². The van der Waals surface area contributed by atoms with Crippen LogP contribution in [0.25, 0.3) is 6.08 Å². The Morgan fingerprint density at radius 2 is 2.03 bits per heavy atom. The fraction of sp³-hybridized carbons (Fsp3) is 0.125. The van der Waals surface area contributed by atoms with Crippen molar-refractivity contribution in [3.05, 3.63) is 101 Å². The van der Waals surface area contributed by atoms with Gasteiger partial charge in [0.2, 0.25) is 0 Å². The van der Waals surface area contributed by atoms with Crippen LogP contribution in [0.3, 0.4) is 0 Å². The molecular formula is C24H20N2O5. The highest BCUT2D eigenvalue weighted by Gasteiger charge is 2.42. The van der Waals surface area contributed by atoms with Gasteiger partial charge < -0.3 is 19.2 Å². The molecule has 1 amide bonds. The van der Waals surface area contributed by atoms with Crippen LogP contribution in [-0.4, -0.2) is 33.8 Å². The number of carbonyl (C=O) groups is 2. The zero-order chi connectivity index (χ0) is 21.8. The molecule has 7 heteroatoms. The van der Waals surface area contributed by atoms with E-state index in [-0.39, 0.29) is 12.1 Å². The Kier molecular flexibility index (Phi) is 5.66. The molecule has 1 aromatic carbocycles. The second kappa shape index (κ2) is 8.71. The molecule has 3 heterocycles. The smallest absolute Gasteiger partial charge is 0.290 e. The molecule has 0 radical (unpaired) electrons. The Bertz CT molecular complexity index is 1130. The van der Waals surface area contributed by atoms with Crippen LogP contribution in [-0.2, 0) is 16.1 Å². The minimum absolute atomic E-state index is 0.0156. The average Bonchev–Trinajstić information content (AvgIpc) is 3.41. The molecule has 1 unspecified atom stereocenters. The first kappa shape index (κ1) is 20.2. The van der Waals surface area contributed by atoms with Crippen molar-refractivity contribution in [2.45, 2.75) is 12.6 Å². The molecule has 0 fully saturated rings. The van der Waals surface area contributed by atoms with Crippen molar-refractivity contribution in [1.82, 2.24) is 9.88 Å². The number of allylic oxidation sites excluding steroid dienone is 1. The standard InChI is InChI=1S/C24H20N2O5/c1-30-18-8-6-17(7-9-18)22-21(20(27)11-10-19-5-3-13-31-19)23(28)24(29)26(22)15-16-4-2-12-25-14-16/h2-14,22,28H,15H2,1H3/b11-10+. The van der Waals surface area contributed by atoms with Gasteiger partial charge in [0.1, 0.15) is 11.5 Å². The van der Waals surface area contributed by atoms with Gasteiger partial charge in [-0.1, -0.05) is 18.2 Å². The SMILES string of the molecule is COc1ccc(C2C(C(=O)/C=C/c3ccco3)=C(O)C(=O)N2Cc2cccnc2)cc1. The van der Waals surface area contributed by atoms with Gasteiger partial charge in [0.05, 0.1) is 25.0 Å². The van der Waals surface area contributed by atoms with Crippen molar-refractivity contribution in [3.63, 3.8) is 0 Å². The maximum Gasteiger partial charge on any atom is 0.290 e. The summed E-state index contributed by atoms with van der Waals surface area (Å²) in [7, 11) is 1.56. The van der Waals surface area contributed by atoms with E-state index in [9.17, 15) is 14.7 Å². The molecule has 2 aromatic heterocycles. The summed E-state index contributed by atoms with van der Waals surface area (Å²) in [5, 5.41) is 10.6. The van der Waals surface area contributed by atoms with E-state index in [0.29, 0.717) is 17.1 Å². The molecule has 7 nitrogen and oxygen atoms in total. The largest absolute Gasteiger partial charge is 0.503 e. The molecule has 0 bridgehead atoms. The van der Waals surface area contributed by atoms with E-state index in [1.54, 1.807) is 62.0 Å². The van der Waals surface area contributed by atoms with E-state index in [1.807, 2.05) is 6.07 Å². The maximum atomic E-state index is 13.0. The summed E-state index contributed by atoms with van der Waals surface area (Å²) in [4.78, 5) is 31.5. The summed E-state index contributed by atoms with van der Waals surface area (Å²) >= 11 is 0. The topological polar surface area (TPSA) is 92.9 Å². The molecule has 0 saturated carbocycles. The molecule has 0 aliphatic carbocycles. The third-order valence-corrected chi connectivity index (χ3v) is 5.02. The van der Waals surface area contributed by atoms with Crippen molar-refractivity contribution in [1.29, 1.82) is 0 Å². The Balaban J connectivity index is 1.72. The molecule has 4 rings (SSSR count). The summed E-state index contributed by atoms with van der Waals surface area (Å²) in [5.41, 5.74) is 1.47. The number of hydrogen-bond donors (Lipinski definition) is 1. The number of ketones is 1. The van der Waals surface area contributed by atoms with Crippen molar-refractivity contribution in [2.24, 2.45) is 0 Å². The maximum absolute atomic E-state index is 13.0. The molecule has 1 aliphatic heterocycles. The second-order valence-corrected chi connectivity index (χ2v) is 6.95. The van der Waals surface area contributed by atoms with Gasteiger partial charge in [-0.25, -0.2) is 0 Å². The van der Waals surface area contributed by atoms with E-state index < -0.39 is 23.5 Å². The van der Waals surface area contributed by atoms with Crippen LogP contribution < -0.4 is 4.74 Å². The predicted molar refractivity (Wildman–Crippen MR) is 113 cm³/mol. The van der Waals surface area contributed by atoms with E-state index >= 15 is 0 Å². The lowest BCUT2D eigenvalue weighted by Gasteiger charge is -2.26. The van der Waals surface area contributed by atoms with Crippen LogP contribution in [0.5, 0.6) is 5.75 Å². The van der Waals surface area contributed by atoms with Crippen molar-refractivity contribution in [2.75, 3.05) is 7.11 Å². The van der Waals surface area contributed by atoms with Gasteiger partial charge >= 0.3 is 0 Å². The number of hydrogen-bond acceptors (Lipinski definition) is 6. The van der Waals surface area contributed by atoms with Crippen LogP contribution in [0.1, 0.15) is 22.9 Å². The Morgan fingerprint density at radius 3 is 2.68 bits per heavy atom. The number of pyridine rings is 1. The van der Waals surface area contributed by atoms with Crippen LogP contribution in [0.15, 0.2) is 89.0 Å². The Morgan fingerprint density at radius 1 is 1.23 bits per heavy atom. The van der Waals surface area contributed by atoms with Gasteiger partial charge in [-0.05, 0) is 53.6 Å². The first-order chi connectivity index (χ1) is 15.1. The highest BCUT2D eigenvalue weighted by atomic mass is 16.5. The van der Waals surface area contributed by atoms with E-state index in [1.165, 1.54) is 23.3 Å². The van der Waals surface area contributed by atoms with Crippen LogP contribution >= 0.6 is 0 Å². The molecule has 3 aromatic rings. The predicted octanol–water partition coefficient (Wildman–Crippen LogP) is 3.86. The Hall–Kier alpha value is -4.13. The quantitative estimate of drug-likeness (QED) is 0.588. The van der Waals surface area contributed by atoms with Crippen LogP contribution in [0.2, 0.25) is 0 Å². The van der Waals surface area contributed by atoms with Gasteiger partial charge in [-0.15, -0.1) is 0 Å². The van der Waals surface area contributed by atoms with Crippen molar-refractivity contribution >= 4 is 17.8 Å². The average molecular weight is 416 g/mol. The number of nitrogens with zero attached hydrogens (tertiary/aromatic N) is 2. The lowest BCUT2D eigenvalue weighted by Crippen LogP contribution is -2.30. The number of benzene rings is 1. The molecule has 0 saturated heterocycles. The first-order valence-corrected chi connectivity index (χ1v) is 9.61. The zero-order valence-corrected chi connectivity index (χ0v) is 16.8. The van der Waals surface area contributed by atoms with Gasteiger partial charge in [-0.3, -0.25) is 14.6 Å².